The normalized spacial score (nSPS) is 34.8. The molecule has 0 spiro atoms. The Morgan fingerprint density at radius 1 is 1.00 bits per heavy atom. The van der Waals surface area contributed by atoms with E-state index in [0.717, 1.165) is 11.8 Å². The number of carbonyl (C=O) groups is 1. The van der Waals surface area contributed by atoms with Crippen LogP contribution in [-0.4, -0.2) is 17.7 Å². The molecule has 0 saturated heterocycles. The molecule has 4 aliphatic carbocycles. The van der Waals surface area contributed by atoms with Crippen LogP contribution in [0, 0.1) is 23.7 Å². The summed E-state index contributed by atoms with van der Waals surface area (Å²) in [5.41, 5.74) is 0.567. The van der Waals surface area contributed by atoms with Crippen molar-refractivity contribution in [2.45, 2.75) is 48.8 Å². The lowest BCUT2D eigenvalue weighted by Crippen LogP contribution is -2.55. The van der Waals surface area contributed by atoms with Crippen molar-refractivity contribution >= 4 is 17.7 Å². The number of hydrogen-bond donors (Lipinski definition) is 1. The zero-order valence-corrected chi connectivity index (χ0v) is 13.7. The van der Waals surface area contributed by atoms with Crippen molar-refractivity contribution in [3.63, 3.8) is 0 Å². The van der Waals surface area contributed by atoms with Crippen LogP contribution in [0.1, 0.15) is 42.5 Å². The summed E-state index contributed by atoms with van der Waals surface area (Å²) in [6, 6.07) is 6.81. The fraction of sp³-hybridized carbons (Fsp3) is 0.611. The summed E-state index contributed by atoms with van der Waals surface area (Å²) >= 11 is 0.508. The lowest BCUT2D eigenvalue weighted by Gasteiger charge is -2.54. The van der Waals surface area contributed by atoms with Gasteiger partial charge in [0.05, 0.1) is 0 Å². The van der Waals surface area contributed by atoms with E-state index in [9.17, 15) is 13.6 Å². The average molecular weight is 337 g/mol. The van der Waals surface area contributed by atoms with Gasteiger partial charge in [0.1, 0.15) is 0 Å². The molecule has 23 heavy (non-hydrogen) atoms. The van der Waals surface area contributed by atoms with Crippen LogP contribution in [0.5, 0.6) is 0 Å². The minimum absolute atomic E-state index is 0.0592. The van der Waals surface area contributed by atoms with Crippen molar-refractivity contribution in [3.05, 3.63) is 29.8 Å². The van der Waals surface area contributed by atoms with E-state index in [1.165, 1.54) is 32.1 Å². The van der Waals surface area contributed by atoms with Gasteiger partial charge in [-0.2, -0.15) is 8.78 Å². The van der Waals surface area contributed by atoms with E-state index >= 15 is 0 Å². The van der Waals surface area contributed by atoms with Gasteiger partial charge < -0.3 is 5.32 Å². The highest BCUT2D eigenvalue weighted by molar-refractivity contribution is 7.99. The van der Waals surface area contributed by atoms with E-state index < -0.39 is 5.76 Å². The molecule has 1 aromatic rings. The summed E-state index contributed by atoms with van der Waals surface area (Å²) in [6.45, 7) is 0. The molecule has 4 saturated carbocycles. The first-order valence-electron chi connectivity index (χ1n) is 8.44. The second-order valence-corrected chi connectivity index (χ2v) is 8.40. The maximum absolute atomic E-state index is 12.5. The molecule has 4 bridgehead atoms. The van der Waals surface area contributed by atoms with Crippen LogP contribution in [0.15, 0.2) is 29.2 Å². The van der Waals surface area contributed by atoms with Gasteiger partial charge in [-0.3, -0.25) is 4.79 Å². The molecular weight excluding hydrogens is 316 g/mol. The number of thioether (sulfide) groups is 1. The third-order valence-corrected chi connectivity index (χ3v) is 6.59. The SMILES string of the molecule is O=C(NC1C2CC3CC(C2)CC1C3)c1ccc(SC(F)F)cc1. The minimum Gasteiger partial charge on any atom is -0.349 e. The Morgan fingerprint density at radius 3 is 2.09 bits per heavy atom. The zero-order valence-electron chi connectivity index (χ0n) is 12.9. The molecule has 0 heterocycles. The first-order valence-corrected chi connectivity index (χ1v) is 9.32. The molecule has 4 fully saturated rings. The van der Waals surface area contributed by atoms with E-state index in [1.54, 1.807) is 24.3 Å². The third kappa shape index (κ3) is 3.12. The van der Waals surface area contributed by atoms with Crippen LogP contribution in [0.4, 0.5) is 8.78 Å². The number of halogens is 2. The molecule has 4 aliphatic rings. The molecule has 5 rings (SSSR count). The summed E-state index contributed by atoms with van der Waals surface area (Å²) in [5, 5.41) is 3.24. The van der Waals surface area contributed by atoms with Gasteiger partial charge in [-0.15, -0.1) is 0 Å². The predicted molar refractivity (Wildman–Crippen MR) is 86.6 cm³/mol. The van der Waals surface area contributed by atoms with Gasteiger partial charge in [0.15, 0.2) is 0 Å². The Morgan fingerprint density at radius 2 is 1.57 bits per heavy atom. The lowest BCUT2D eigenvalue weighted by molar-refractivity contribution is -0.0119. The Kier molecular flexibility index (Phi) is 4.08. The molecule has 0 aliphatic heterocycles. The number of benzene rings is 1. The van der Waals surface area contributed by atoms with E-state index in [1.807, 2.05) is 0 Å². The number of hydrogen-bond acceptors (Lipinski definition) is 2. The Balaban J connectivity index is 1.42. The maximum atomic E-state index is 12.5. The fourth-order valence-corrected chi connectivity index (χ4v) is 5.68. The van der Waals surface area contributed by atoms with Gasteiger partial charge in [-0.05, 0) is 80.0 Å². The van der Waals surface area contributed by atoms with Crippen molar-refractivity contribution in [2.75, 3.05) is 0 Å². The quantitative estimate of drug-likeness (QED) is 0.816. The van der Waals surface area contributed by atoms with Crippen molar-refractivity contribution in [1.82, 2.24) is 5.32 Å². The molecule has 124 valence electrons. The lowest BCUT2D eigenvalue weighted by atomic mass is 9.54. The van der Waals surface area contributed by atoms with Crippen molar-refractivity contribution in [1.29, 1.82) is 0 Å². The van der Waals surface area contributed by atoms with Crippen LogP contribution < -0.4 is 5.32 Å². The molecular formula is C18H21F2NOS. The summed E-state index contributed by atoms with van der Waals surface area (Å²) in [4.78, 5) is 13.0. The molecule has 5 heteroatoms. The van der Waals surface area contributed by atoms with Crippen LogP contribution in [0.25, 0.3) is 0 Å². The minimum atomic E-state index is -2.43. The zero-order chi connectivity index (χ0) is 16.0. The molecule has 0 radical (unpaired) electrons. The van der Waals surface area contributed by atoms with Gasteiger partial charge >= 0.3 is 0 Å². The van der Waals surface area contributed by atoms with Crippen LogP contribution in [-0.2, 0) is 0 Å². The van der Waals surface area contributed by atoms with E-state index in [-0.39, 0.29) is 5.91 Å². The second kappa shape index (κ2) is 6.08. The van der Waals surface area contributed by atoms with E-state index in [4.69, 9.17) is 0 Å². The van der Waals surface area contributed by atoms with Gasteiger partial charge in [0.25, 0.3) is 11.7 Å². The molecule has 0 unspecified atom stereocenters. The van der Waals surface area contributed by atoms with Gasteiger partial charge in [0.2, 0.25) is 0 Å². The Hall–Kier alpha value is -1.10. The highest BCUT2D eigenvalue weighted by Gasteiger charge is 2.48. The predicted octanol–water partition coefficient (Wildman–Crippen LogP) is 4.56. The van der Waals surface area contributed by atoms with E-state index in [2.05, 4.69) is 5.32 Å². The number of nitrogens with one attached hydrogen (secondary N) is 1. The number of amides is 1. The van der Waals surface area contributed by atoms with Gasteiger partial charge in [-0.1, -0.05) is 11.8 Å². The largest absolute Gasteiger partial charge is 0.349 e. The summed E-state index contributed by atoms with van der Waals surface area (Å²) in [5.74, 6) is 0.569. The second-order valence-electron chi connectivity index (χ2n) is 7.33. The van der Waals surface area contributed by atoms with Crippen molar-refractivity contribution < 1.29 is 13.6 Å². The molecule has 0 aromatic heterocycles. The number of rotatable bonds is 4. The number of alkyl halides is 2. The molecule has 2 nitrogen and oxygen atoms in total. The van der Waals surface area contributed by atoms with Gasteiger partial charge in [-0.25, -0.2) is 0 Å². The first kappa shape index (κ1) is 15.4. The molecule has 1 amide bonds. The third-order valence-electron chi connectivity index (χ3n) is 5.87. The first-order chi connectivity index (χ1) is 11.1. The van der Waals surface area contributed by atoms with Crippen LogP contribution in [0.2, 0.25) is 0 Å². The number of carbonyl (C=O) groups excluding carboxylic acids is 1. The average Bonchev–Trinajstić information content (AvgIpc) is 2.50. The topological polar surface area (TPSA) is 29.1 Å². The van der Waals surface area contributed by atoms with Gasteiger partial charge in [0, 0.05) is 16.5 Å². The molecule has 1 aromatic carbocycles. The summed E-state index contributed by atoms with van der Waals surface area (Å²) in [7, 11) is 0. The van der Waals surface area contributed by atoms with Crippen LogP contribution >= 0.6 is 11.8 Å². The molecule has 0 atom stereocenters. The Bertz CT molecular complexity index is 561. The maximum Gasteiger partial charge on any atom is 0.288 e. The van der Waals surface area contributed by atoms with Crippen LogP contribution in [0.3, 0.4) is 0 Å². The summed E-state index contributed by atoms with van der Waals surface area (Å²) in [6.07, 6.45) is 6.46. The highest BCUT2D eigenvalue weighted by atomic mass is 32.2. The smallest absolute Gasteiger partial charge is 0.288 e. The summed E-state index contributed by atoms with van der Waals surface area (Å²) < 4.78 is 24.7. The van der Waals surface area contributed by atoms with E-state index in [0.29, 0.717) is 40.1 Å². The Labute approximate surface area is 139 Å². The van der Waals surface area contributed by atoms with Crippen molar-refractivity contribution in [2.24, 2.45) is 23.7 Å². The molecule has 1 N–H and O–H groups in total. The monoisotopic (exact) mass is 337 g/mol. The standard InChI is InChI=1S/C18H21F2NOS/c19-18(20)23-15-3-1-12(2-4-15)17(22)21-16-13-6-10-5-11(8-13)9-14(16)7-10/h1-4,10-11,13-14,16,18H,5-9H2,(H,21,22). The highest BCUT2D eigenvalue weighted by Crippen LogP contribution is 2.53. The fourth-order valence-electron chi connectivity index (χ4n) is 5.18. The van der Waals surface area contributed by atoms with Crippen molar-refractivity contribution in [3.8, 4) is 0 Å².